The Morgan fingerprint density at radius 1 is 0.929 bits per heavy atom. The first-order valence-corrected chi connectivity index (χ1v) is 10.3. The summed E-state index contributed by atoms with van der Waals surface area (Å²) in [6, 6.07) is 18.8. The van der Waals surface area contributed by atoms with Crippen LogP contribution in [-0.4, -0.2) is 41.9 Å². The van der Waals surface area contributed by atoms with Crippen LogP contribution in [0.5, 0.6) is 5.75 Å². The van der Waals surface area contributed by atoms with Gasteiger partial charge in [0.2, 0.25) is 0 Å². The lowest BCUT2D eigenvalue weighted by molar-refractivity contribution is -0.0441. The molecule has 2 aliphatic rings. The average molecular weight is 374 g/mol. The van der Waals surface area contributed by atoms with Crippen molar-refractivity contribution in [3.05, 3.63) is 60.8 Å². The molecule has 0 radical (unpaired) electrons. The van der Waals surface area contributed by atoms with Crippen molar-refractivity contribution in [1.82, 2.24) is 9.88 Å². The molecule has 4 heteroatoms. The van der Waals surface area contributed by atoms with Crippen molar-refractivity contribution >= 4 is 10.9 Å². The van der Waals surface area contributed by atoms with E-state index in [4.69, 9.17) is 9.47 Å². The zero-order valence-corrected chi connectivity index (χ0v) is 16.1. The van der Waals surface area contributed by atoms with E-state index in [9.17, 15) is 0 Å². The summed E-state index contributed by atoms with van der Waals surface area (Å²) < 4.78 is 12.1. The lowest BCUT2D eigenvalue weighted by atomic mass is 10.0. The third kappa shape index (κ3) is 3.75. The third-order valence-electron chi connectivity index (χ3n) is 5.87. The Bertz CT molecular complexity index is 927. The molecule has 0 bridgehead atoms. The molecule has 3 aromatic rings. The van der Waals surface area contributed by atoms with Gasteiger partial charge in [0, 0.05) is 36.8 Å². The molecule has 28 heavy (non-hydrogen) atoms. The first kappa shape index (κ1) is 17.7. The van der Waals surface area contributed by atoms with E-state index in [1.807, 2.05) is 18.3 Å². The number of piperidine rings is 1. The first-order valence-electron chi connectivity index (χ1n) is 10.3. The van der Waals surface area contributed by atoms with Crippen LogP contribution in [-0.2, 0) is 4.74 Å². The number of fused-ring (bicyclic) bond motifs is 1. The second-order valence-electron chi connectivity index (χ2n) is 7.76. The van der Waals surface area contributed by atoms with Crippen molar-refractivity contribution < 1.29 is 9.47 Å². The molecule has 0 aliphatic carbocycles. The molecular weight excluding hydrogens is 348 g/mol. The van der Waals surface area contributed by atoms with E-state index in [0.29, 0.717) is 12.3 Å². The molecular formula is C24H26N2O2. The summed E-state index contributed by atoms with van der Waals surface area (Å²) >= 11 is 0. The molecule has 5 rings (SSSR count). The number of ether oxygens (including phenoxy) is 2. The van der Waals surface area contributed by atoms with Crippen molar-refractivity contribution in [1.29, 1.82) is 0 Å². The summed E-state index contributed by atoms with van der Waals surface area (Å²) in [6.07, 6.45) is 7.09. The Kier molecular flexibility index (Phi) is 4.98. The minimum atomic E-state index is 0.297. The highest BCUT2D eigenvalue weighted by Gasteiger charge is 2.28. The number of nitrogens with zero attached hydrogens (tertiary/aromatic N) is 2. The standard InChI is InChI=1S/C24H26N2O2/c1-2-5-23-19(4-1)16-20(17-25-23)18-7-9-21(10-8-18)28-22-11-13-26(14-12-22)24-6-3-15-27-24/h1-2,4-5,7-10,16-17,22,24H,3,6,11-15H2. The molecule has 1 aromatic heterocycles. The summed E-state index contributed by atoms with van der Waals surface area (Å²) in [4.78, 5) is 7.04. The van der Waals surface area contributed by atoms with Gasteiger partial charge >= 0.3 is 0 Å². The van der Waals surface area contributed by atoms with Crippen molar-refractivity contribution in [2.75, 3.05) is 19.7 Å². The summed E-state index contributed by atoms with van der Waals surface area (Å²) in [6.45, 7) is 3.05. The van der Waals surface area contributed by atoms with Gasteiger partial charge in [0.05, 0.1) is 5.52 Å². The molecule has 4 nitrogen and oxygen atoms in total. The normalized spacial score (nSPS) is 21.2. The van der Waals surface area contributed by atoms with E-state index in [0.717, 1.165) is 49.4 Å². The van der Waals surface area contributed by atoms with Crippen LogP contribution in [0.1, 0.15) is 25.7 Å². The maximum atomic E-state index is 6.24. The Hall–Kier alpha value is -2.43. The molecule has 2 aromatic carbocycles. The molecule has 0 N–H and O–H groups in total. The van der Waals surface area contributed by atoms with Crippen molar-refractivity contribution in [3.8, 4) is 16.9 Å². The van der Waals surface area contributed by atoms with Crippen LogP contribution < -0.4 is 4.74 Å². The minimum Gasteiger partial charge on any atom is -0.490 e. The van der Waals surface area contributed by atoms with Crippen LogP contribution in [0.3, 0.4) is 0 Å². The van der Waals surface area contributed by atoms with E-state index < -0.39 is 0 Å². The van der Waals surface area contributed by atoms with Gasteiger partial charge in [-0.2, -0.15) is 0 Å². The first-order chi connectivity index (χ1) is 13.8. The summed E-state index contributed by atoms with van der Waals surface area (Å²) in [7, 11) is 0. The predicted octanol–water partition coefficient (Wildman–Crippen LogP) is 4.88. The Morgan fingerprint density at radius 3 is 2.54 bits per heavy atom. The topological polar surface area (TPSA) is 34.6 Å². The molecule has 2 saturated heterocycles. The van der Waals surface area contributed by atoms with Gasteiger partial charge in [-0.3, -0.25) is 9.88 Å². The van der Waals surface area contributed by atoms with Crippen LogP contribution >= 0.6 is 0 Å². The van der Waals surface area contributed by atoms with Gasteiger partial charge < -0.3 is 9.47 Å². The molecule has 2 fully saturated rings. The SMILES string of the molecule is c1ccc2ncc(-c3ccc(OC4CCN(C5CCCO5)CC4)cc3)cc2c1. The summed E-state index contributed by atoms with van der Waals surface area (Å²) in [5, 5.41) is 1.17. The Labute approximate surface area is 166 Å². The number of likely N-dealkylation sites (tertiary alicyclic amines) is 1. The fourth-order valence-corrected chi connectivity index (χ4v) is 4.28. The van der Waals surface area contributed by atoms with Gasteiger partial charge in [0.15, 0.2) is 0 Å². The highest BCUT2D eigenvalue weighted by molar-refractivity contribution is 5.83. The molecule has 1 unspecified atom stereocenters. The van der Waals surface area contributed by atoms with Crippen molar-refractivity contribution in [2.45, 2.75) is 38.0 Å². The van der Waals surface area contributed by atoms with Gasteiger partial charge in [0.25, 0.3) is 0 Å². The lowest BCUT2D eigenvalue weighted by Crippen LogP contribution is -2.43. The summed E-state index contributed by atoms with van der Waals surface area (Å²) in [5.74, 6) is 0.952. The van der Waals surface area contributed by atoms with E-state index in [-0.39, 0.29) is 0 Å². The number of benzene rings is 2. The number of aromatic nitrogens is 1. The van der Waals surface area contributed by atoms with Crippen LogP contribution in [0.2, 0.25) is 0 Å². The number of hydrogen-bond donors (Lipinski definition) is 0. The van der Waals surface area contributed by atoms with Crippen molar-refractivity contribution in [3.63, 3.8) is 0 Å². The Morgan fingerprint density at radius 2 is 1.75 bits per heavy atom. The quantitative estimate of drug-likeness (QED) is 0.652. The van der Waals surface area contributed by atoms with Crippen LogP contribution in [0.25, 0.3) is 22.0 Å². The zero-order chi connectivity index (χ0) is 18.8. The molecule has 1 atom stereocenters. The highest BCUT2D eigenvalue weighted by Crippen LogP contribution is 2.27. The number of pyridine rings is 1. The molecule has 2 aliphatic heterocycles. The highest BCUT2D eigenvalue weighted by atomic mass is 16.5. The fraction of sp³-hybridized carbons (Fsp3) is 0.375. The molecule has 0 saturated carbocycles. The average Bonchev–Trinajstić information content (AvgIpc) is 3.29. The number of rotatable bonds is 4. The third-order valence-corrected chi connectivity index (χ3v) is 5.87. The Balaban J connectivity index is 1.21. The van der Waals surface area contributed by atoms with Gasteiger partial charge in [-0.15, -0.1) is 0 Å². The second-order valence-corrected chi connectivity index (χ2v) is 7.76. The maximum absolute atomic E-state index is 6.24. The van der Waals surface area contributed by atoms with Crippen LogP contribution in [0, 0.1) is 0 Å². The molecule has 0 amide bonds. The van der Waals surface area contributed by atoms with Crippen molar-refractivity contribution in [2.24, 2.45) is 0 Å². The van der Waals surface area contributed by atoms with Gasteiger partial charge in [0.1, 0.15) is 18.1 Å². The van der Waals surface area contributed by atoms with E-state index in [1.54, 1.807) is 0 Å². The number of para-hydroxylation sites is 1. The van der Waals surface area contributed by atoms with E-state index in [1.165, 1.54) is 23.8 Å². The lowest BCUT2D eigenvalue weighted by Gasteiger charge is -2.35. The van der Waals surface area contributed by atoms with Crippen LogP contribution in [0.4, 0.5) is 0 Å². The number of hydrogen-bond acceptors (Lipinski definition) is 4. The minimum absolute atomic E-state index is 0.297. The predicted molar refractivity (Wildman–Crippen MR) is 111 cm³/mol. The van der Waals surface area contributed by atoms with Crippen LogP contribution in [0.15, 0.2) is 60.8 Å². The molecule has 144 valence electrons. The smallest absolute Gasteiger partial charge is 0.119 e. The van der Waals surface area contributed by atoms with E-state index in [2.05, 4.69) is 52.3 Å². The monoisotopic (exact) mass is 374 g/mol. The molecule has 0 spiro atoms. The second kappa shape index (κ2) is 7.90. The van der Waals surface area contributed by atoms with Gasteiger partial charge in [-0.25, -0.2) is 0 Å². The summed E-state index contributed by atoms with van der Waals surface area (Å²) in [5.41, 5.74) is 3.33. The fourth-order valence-electron chi connectivity index (χ4n) is 4.28. The maximum Gasteiger partial charge on any atom is 0.119 e. The largest absolute Gasteiger partial charge is 0.490 e. The van der Waals surface area contributed by atoms with Gasteiger partial charge in [-0.05, 0) is 55.5 Å². The molecule has 3 heterocycles. The van der Waals surface area contributed by atoms with E-state index >= 15 is 0 Å². The van der Waals surface area contributed by atoms with Gasteiger partial charge in [-0.1, -0.05) is 30.3 Å². The zero-order valence-electron chi connectivity index (χ0n) is 16.1.